The van der Waals surface area contributed by atoms with Crippen LogP contribution in [0.4, 0.5) is 0 Å². The second kappa shape index (κ2) is 7.62. The van der Waals surface area contributed by atoms with Gasteiger partial charge in [0.25, 0.3) is 0 Å². The molecular weight excluding hydrogens is 340 g/mol. The van der Waals surface area contributed by atoms with Gasteiger partial charge in [-0.1, -0.05) is 31.4 Å². The second-order valence-electron chi connectivity index (χ2n) is 6.79. The number of ether oxygens (including phenoxy) is 2. The number of fused-ring (bicyclic) bond motifs is 1. The van der Waals surface area contributed by atoms with Crippen LogP contribution in [0.25, 0.3) is 11.1 Å². The first-order valence-corrected chi connectivity index (χ1v) is 8.87. The van der Waals surface area contributed by atoms with Crippen molar-refractivity contribution in [1.82, 2.24) is 0 Å². The van der Waals surface area contributed by atoms with Gasteiger partial charge in [0.15, 0.2) is 0 Å². The fraction of sp³-hybridized carbons (Fsp3) is 0.217. The topological polar surface area (TPSA) is 52.6 Å². The Labute approximate surface area is 159 Å². The summed E-state index contributed by atoms with van der Waals surface area (Å²) in [5.74, 6) is 0.259. The third-order valence-electron chi connectivity index (χ3n) is 4.52. The van der Waals surface area contributed by atoms with Gasteiger partial charge in [-0.05, 0) is 73.6 Å². The van der Waals surface area contributed by atoms with Gasteiger partial charge in [-0.15, -0.1) is 0 Å². The summed E-state index contributed by atoms with van der Waals surface area (Å²) < 4.78 is 10.7. The maximum Gasteiger partial charge on any atom is 0.338 e. The largest absolute Gasteiger partial charge is 0.423 e. The smallest absolute Gasteiger partial charge is 0.338 e. The molecule has 0 radical (unpaired) electrons. The Kier molecular flexibility index (Phi) is 5.26. The molecule has 0 spiro atoms. The highest BCUT2D eigenvalue weighted by molar-refractivity contribution is 5.89. The van der Waals surface area contributed by atoms with Crippen LogP contribution in [0.1, 0.15) is 31.4 Å². The van der Waals surface area contributed by atoms with E-state index in [-0.39, 0.29) is 0 Å². The quantitative estimate of drug-likeness (QED) is 0.435. The highest BCUT2D eigenvalue weighted by atomic mass is 16.5. The highest BCUT2D eigenvalue weighted by Gasteiger charge is 2.22. The van der Waals surface area contributed by atoms with Gasteiger partial charge in [0.05, 0.1) is 0 Å². The van der Waals surface area contributed by atoms with Crippen molar-refractivity contribution >= 4 is 11.9 Å². The predicted molar refractivity (Wildman–Crippen MR) is 105 cm³/mol. The normalized spacial score (nSPS) is 12.2. The van der Waals surface area contributed by atoms with Crippen LogP contribution in [-0.4, -0.2) is 11.9 Å². The summed E-state index contributed by atoms with van der Waals surface area (Å²) >= 11 is 0. The summed E-state index contributed by atoms with van der Waals surface area (Å²) in [5.41, 5.74) is 5.16. The van der Waals surface area contributed by atoms with E-state index in [2.05, 4.69) is 13.2 Å². The molecule has 1 aliphatic rings. The van der Waals surface area contributed by atoms with E-state index in [1.807, 2.05) is 24.3 Å². The van der Waals surface area contributed by atoms with Crippen molar-refractivity contribution in [3.8, 4) is 22.6 Å². The molecule has 0 saturated carbocycles. The Morgan fingerprint density at radius 2 is 1.41 bits per heavy atom. The average molecular weight is 362 g/mol. The van der Waals surface area contributed by atoms with E-state index >= 15 is 0 Å². The van der Waals surface area contributed by atoms with Crippen LogP contribution in [0.3, 0.4) is 0 Å². The van der Waals surface area contributed by atoms with E-state index in [1.54, 1.807) is 26.0 Å². The Morgan fingerprint density at radius 3 is 2.04 bits per heavy atom. The number of esters is 2. The molecule has 27 heavy (non-hydrogen) atoms. The molecule has 2 aromatic rings. The number of rotatable bonds is 5. The summed E-state index contributed by atoms with van der Waals surface area (Å²) in [4.78, 5) is 23.5. The zero-order chi connectivity index (χ0) is 19.6. The van der Waals surface area contributed by atoms with E-state index in [9.17, 15) is 9.59 Å². The molecule has 0 saturated heterocycles. The predicted octanol–water partition coefficient (Wildman–Crippen LogP) is 4.81. The molecule has 0 bridgehead atoms. The van der Waals surface area contributed by atoms with E-state index in [1.165, 1.54) is 5.56 Å². The van der Waals surface area contributed by atoms with Gasteiger partial charge in [-0.25, -0.2) is 9.59 Å². The number of carbonyl (C=O) groups is 2. The lowest BCUT2D eigenvalue weighted by molar-refractivity contribution is -0.131. The summed E-state index contributed by atoms with van der Waals surface area (Å²) in [7, 11) is 0. The Hall–Kier alpha value is -3.14. The SMILES string of the molecule is C=C(C)C(=O)Oc1ccc(-c2ccc(OC(=O)C(=C)C)c3c2CCC3)cc1. The minimum absolute atomic E-state index is 0.358. The van der Waals surface area contributed by atoms with Crippen LogP contribution in [0.15, 0.2) is 60.7 Å². The van der Waals surface area contributed by atoms with Crippen molar-refractivity contribution in [2.24, 2.45) is 0 Å². The van der Waals surface area contributed by atoms with Crippen molar-refractivity contribution in [3.63, 3.8) is 0 Å². The van der Waals surface area contributed by atoms with E-state index in [4.69, 9.17) is 9.47 Å². The van der Waals surface area contributed by atoms with E-state index < -0.39 is 11.9 Å². The summed E-state index contributed by atoms with van der Waals surface area (Å²) in [5, 5.41) is 0. The summed E-state index contributed by atoms with van der Waals surface area (Å²) in [6, 6.07) is 11.2. The maximum atomic E-state index is 11.9. The van der Waals surface area contributed by atoms with Gasteiger partial charge < -0.3 is 9.47 Å². The molecule has 1 aliphatic carbocycles. The second-order valence-corrected chi connectivity index (χ2v) is 6.79. The number of hydrogen-bond donors (Lipinski definition) is 0. The van der Waals surface area contributed by atoms with Gasteiger partial charge in [0, 0.05) is 11.1 Å². The molecule has 2 aromatic carbocycles. The molecule has 0 fully saturated rings. The minimum atomic E-state index is -0.438. The lowest BCUT2D eigenvalue weighted by Crippen LogP contribution is -2.10. The maximum absolute atomic E-state index is 11.9. The van der Waals surface area contributed by atoms with E-state index in [0.717, 1.165) is 36.0 Å². The van der Waals surface area contributed by atoms with Crippen molar-refractivity contribution in [2.75, 3.05) is 0 Å². The van der Waals surface area contributed by atoms with Crippen LogP contribution >= 0.6 is 0 Å². The molecule has 0 heterocycles. The van der Waals surface area contributed by atoms with Gasteiger partial charge in [-0.2, -0.15) is 0 Å². The first-order valence-electron chi connectivity index (χ1n) is 8.87. The average Bonchev–Trinajstić information content (AvgIpc) is 3.12. The van der Waals surface area contributed by atoms with Crippen molar-refractivity contribution in [2.45, 2.75) is 33.1 Å². The Morgan fingerprint density at radius 1 is 0.815 bits per heavy atom. The van der Waals surface area contributed by atoms with Crippen LogP contribution < -0.4 is 9.47 Å². The Bertz CT molecular complexity index is 936. The molecular formula is C23H22O4. The fourth-order valence-electron chi connectivity index (χ4n) is 3.12. The number of benzene rings is 2. The zero-order valence-corrected chi connectivity index (χ0v) is 15.6. The fourth-order valence-corrected chi connectivity index (χ4v) is 3.12. The molecule has 0 aliphatic heterocycles. The third-order valence-corrected chi connectivity index (χ3v) is 4.52. The lowest BCUT2D eigenvalue weighted by atomic mass is 9.96. The van der Waals surface area contributed by atoms with Gasteiger partial charge >= 0.3 is 11.9 Å². The molecule has 0 amide bonds. The molecule has 0 atom stereocenters. The van der Waals surface area contributed by atoms with E-state index in [0.29, 0.717) is 22.6 Å². The van der Waals surface area contributed by atoms with Crippen LogP contribution in [0.5, 0.6) is 11.5 Å². The molecule has 0 unspecified atom stereocenters. The van der Waals surface area contributed by atoms with Crippen molar-refractivity contribution in [1.29, 1.82) is 0 Å². The highest BCUT2D eigenvalue weighted by Crippen LogP contribution is 2.38. The summed E-state index contributed by atoms with van der Waals surface area (Å²) in [6.07, 6.45) is 2.85. The van der Waals surface area contributed by atoms with Crippen molar-refractivity contribution in [3.05, 3.63) is 71.8 Å². The minimum Gasteiger partial charge on any atom is -0.423 e. The molecule has 3 rings (SSSR count). The monoisotopic (exact) mass is 362 g/mol. The molecule has 4 nitrogen and oxygen atoms in total. The van der Waals surface area contributed by atoms with Gasteiger partial charge in [-0.3, -0.25) is 0 Å². The standard InChI is InChI=1S/C23H22O4/c1-14(2)22(24)26-17-10-8-16(9-11-17)18-12-13-21(27-23(25)15(3)4)20-7-5-6-19(18)20/h8-13H,1,3,5-7H2,2,4H3. The van der Waals surface area contributed by atoms with Gasteiger partial charge in [0.1, 0.15) is 11.5 Å². The van der Waals surface area contributed by atoms with Crippen LogP contribution in [-0.2, 0) is 22.4 Å². The molecule has 4 heteroatoms. The van der Waals surface area contributed by atoms with Crippen molar-refractivity contribution < 1.29 is 19.1 Å². The molecule has 0 N–H and O–H groups in total. The van der Waals surface area contributed by atoms with Gasteiger partial charge in [0.2, 0.25) is 0 Å². The first-order chi connectivity index (χ1) is 12.9. The van der Waals surface area contributed by atoms with Crippen LogP contribution in [0.2, 0.25) is 0 Å². The molecule has 138 valence electrons. The zero-order valence-electron chi connectivity index (χ0n) is 15.6. The van der Waals surface area contributed by atoms with Crippen LogP contribution in [0, 0.1) is 0 Å². The summed E-state index contributed by atoms with van der Waals surface area (Å²) in [6.45, 7) is 10.5. The lowest BCUT2D eigenvalue weighted by Gasteiger charge is -2.14. The number of carbonyl (C=O) groups excluding carboxylic acids is 2. The molecule has 0 aromatic heterocycles. The first kappa shape index (κ1) is 18.6. The third kappa shape index (κ3) is 4.00. The Balaban J connectivity index is 1.88. The number of hydrogen-bond acceptors (Lipinski definition) is 4.